The maximum absolute atomic E-state index is 9.00. The standard InChI is InChI=1S/C16H21N3O/c20-10-6-15-5-8-18(12-15)11-14-1-3-16(4-2-14)19-9-7-17-13-19/h1-4,7,9,13,15,20H,5-6,8,10-12H2. The number of aromatic nitrogens is 2. The van der Waals surface area contributed by atoms with Crippen LogP contribution in [0.4, 0.5) is 0 Å². The van der Waals surface area contributed by atoms with Gasteiger partial charge in [-0.05, 0) is 43.0 Å². The molecule has 1 unspecified atom stereocenters. The van der Waals surface area contributed by atoms with Crippen LogP contribution in [0.15, 0.2) is 43.0 Å². The average Bonchev–Trinajstić information content (AvgIpc) is 3.12. The van der Waals surface area contributed by atoms with Gasteiger partial charge in [0.15, 0.2) is 0 Å². The number of benzene rings is 1. The van der Waals surface area contributed by atoms with Gasteiger partial charge >= 0.3 is 0 Å². The van der Waals surface area contributed by atoms with Crippen molar-refractivity contribution in [3.8, 4) is 5.69 Å². The van der Waals surface area contributed by atoms with Crippen LogP contribution in [0, 0.1) is 5.92 Å². The molecule has 20 heavy (non-hydrogen) atoms. The van der Waals surface area contributed by atoms with Crippen LogP contribution in [0.1, 0.15) is 18.4 Å². The van der Waals surface area contributed by atoms with E-state index in [0.717, 1.165) is 31.7 Å². The van der Waals surface area contributed by atoms with E-state index in [9.17, 15) is 0 Å². The molecule has 1 aliphatic rings. The summed E-state index contributed by atoms with van der Waals surface area (Å²) >= 11 is 0. The summed E-state index contributed by atoms with van der Waals surface area (Å²) in [6, 6.07) is 8.65. The Labute approximate surface area is 119 Å². The van der Waals surface area contributed by atoms with Gasteiger partial charge in [0, 0.05) is 37.8 Å². The lowest BCUT2D eigenvalue weighted by Crippen LogP contribution is -2.20. The second-order valence-electron chi connectivity index (χ2n) is 5.54. The maximum atomic E-state index is 9.00. The van der Waals surface area contributed by atoms with Gasteiger partial charge in [0.2, 0.25) is 0 Å². The van der Waals surface area contributed by atoms with E-state index < -0.39 is 0 Å². The van der Waals surface area contributed by atoms with Crippen molar-refractivity contribution in [3.63, 3.8) is 0 Å². The summed E-state index contributed by atoms with van der Waals surface area (Å²) in [4.78, 5) is 6.54. The minimum absolute atomic E-state index is 0.318. The van der Waals surface area contributed by atoms with Gasteiger partial charge in [-0.2, -0.15) is 0 Å². The van der Waals surface area contributed by atoms with Crippen LogP contribution in [0.25, 0.3) is 5.69 Å². The van der Waals surface area contributed by atoms with Crippen molar-refractivity contribution in [2.24, 2.45) is 5.92 Å². The Morgan fingerprint density at radius 2 is 2.10 bits per heavy atom. The number of nitrogens with zero attached hydrogens (tertiary/aromatic N) is 3. The van der Waals surface area contributed by atoms with E-state index in [-0.39, 0.29) is 0 Å². The van der Waals surface area contributed by atoms with Gasteiger partial charge in [0.1, 0.15) is 0 Å². The zero-order chi connectivity index (χ0) is 13.8. The zero-order valence-corrected chi connectivity index (χ0v) is 11.7. The van der Waals surface area contributed by atoms with Crippen molar-refractivity contribution in [3.05, 3.63) is 48.5 Å². The van der Waals surface area contributed by atoms with Gasteiger partial charge in [0.25, 0.3) is 0 Å². The molecule has 1 saturated heterocycles. The number of hydrogen-bond donors (Lipinski definition) is 1. The largest absolute Gasteiger partial charge is 0.396 e. The summed E-state index contributed by atoms with van der Waals surface area (Å²) in [7, 11) is 0. The quantitative estimate of drug-likeness (QED) is 0.905. The highest BCUT2D eigenvalue weighted by molar-refractivity contribution is 5.34. The molecule has 1 aromatic carbocycles. The molecular formula is C16H21N3O. The van der Waals surface area contributed by atoms with Crippen molar-refractivity contribution >= 4 is 0 Å². The first-order valence-electron chi connectivity index (χ1n) is 7.25. The first-order valence-corrected chi connectivity index (χ1v) is 7.25. The SMILES string of the molecule is OCCC1CCN(Cc2ccc(-n3ccnc3)cc2)C1. The van der Waals surface area contributed by atoms with Crippen molar-refractivity contribution in [1.82, 2.24) is 14.5 Å². The minimum atomic E-state index is 0.318. The number of imidazole rings is 1. The molecule has 1 N–H and O–H groups in total. The second kappa shape index (κ2) is 6.20. The van der Waals surface area contributed by atoms with Crippen LogP contribution in [0.3, 0.4) is 0 Å². The molecule has 0 spiro atoms. The molecule has 1 aromatic heterocycles. The normalized spacial score (nSPS) is 19.6. The van der Waals surface area contributed by atoms with Crippen molar-refractivity contribution in [1.29, 1.82) is 0 Å². The molecule has 0 bridgehead atoms. The summed E-state index contributed by atoms with van der Waals surface area (Å²) in [5, 5.41) is 9.00. The fourth-order valence-corrected chi connectivity index (χ4v) is 2.92. The lowest BCUT2D eigenvalue weighted by Gasteiger charge is -2.16. The Balaban J connectivity index is 1.59. The molecule has 1 atom stereocenters. The van der Waals surface area contributed by atoms with Crippen molar-refractivity contribution < 1.29 is 5.11 Å². The number of rotatable bonds is 5. The van der Waals surface area contributed by atoms with E-state index in [2.05, 4.69) is 34.1 Å². The summed E-state index contributed by atoms with van der Waals surface area (Å²) in [6.07, 6.45) is 7.72. The molecule has 0 aliphatic carbocycles. The molecule has 4 heteroatoms. The van der Waals surface area contributed by atoms with Crippen LogP contribution < -0.4 is 0 Å². The molecule has 1 aliphatic heterocycles. The van der Waals surface area contributed by atoms with E-state index in [1.54, 1.807) is 6.20 Å². The number of aliphatic hydroxyl groups excluding tert-OH is 1. The van der Waals surface area contributed by atoms with E-state index in [0.29, 0.717) is 12.5 Å². The Morgan fingerprint density at radius 3 is 2.80 bits per heavy atom. The van der Waals surface area contributed by atoms with E-state index in [4.69, 9.17) is 5.11 Å². The molecule has 0 saturated carbocycles. The van der Waals surface area contributed by atoms with Crippen molar-refractivity contribution in [2.75, 3.05) is 19.7 Å². The Kier molecular flexibility index (Phi) is 4.14. The summed E-state index contributed by atoms with van der Waals surface area (Å²) in [5.74, 6) is 0.672. The van der Waals surface area contributed by atoms with Gasteiger partial charge < -0.3 is 9.67 Å². The van der Waals surface area contributed by atoms with Gasteiger partial charge in [0.05, 0.1) is 6.33 Å². The Morgan fingerprint density at radius 1 is 1.25 bits per heavy atom. The maximum Gasteiger partial charge on any atom is 0.0991 e. The topological polar surface area (TPSA) is 41.3 Å². The monoisotopic (exact) mass is 271 g/mol. The Bertz CT molecular complexity index is 521. The minimum Gasteiger partial charge on any atom is -0.396 e. The Hall–Kier alpha value is -1.65. The van der Waals surface area contributed by atoms with Gasteiger partial charge in [-0.3, -0.25) is 4.90 Å². The molecule has 106 valence electrons. The van der Waals surface area contributed by atoms with E-state index in [1.807, 2.05) is 17.1 Å². The predicted octanol–water partition coefficient (Wildman–Crippen LogP) is 2.08. The molecule has 1 fully saturated rings. The first kappa shape index (κ1) is 13.3. The van der Waals surface area contributed by atoms with E-state index in [1.165, 1.54) is 12.0 Å². The van der Waals surface area contributed by atoms with Crippen LogP contribution >= 0.6 is 0 Å². The molecule has 2 heterocycles. The predicted molar refractivity (Wildman–Crippen MR) is 78.7 cm³/mol. The first-order chi connectivity index (χ1) is 9.85. The van der Waals surface area contributed by atoms with Gasteiger partial charge in [-0.15, -0.1) is 0 Å². The average molecular weight is 271 g/mol. The summed E-state index contributed by atoms with van der Waals surface area (Å²) < 4.78 is 2.01. The van der Waals surface area contributed by atoms with Crippen LogP contribution in [-0.4, -0.2) is 39.3 Å². The van der Waals surface area contributed by atoms with E-state index >= 15 is 0 Å². The zero-order valence-electron chi connectivity index (χ0n) is 11.7. The van der Waals surface area contributed by atoms with Crippen LogP contribution in [-0.2, 0) is 6.54 Å². The number of aliphatic hydroxyl groups is 1. The highest BCUT2D eigenvalue weighted by Crippen LogP contribution is 2.21. The highest BCUT2D eigenvalue weighted by atomic mass is 16.3. The summed E-state index contributed by atoms with van der Waals surface area (Å²) in [6.45, 7) is 3.59. The van der Waals surface area contributed by atoms with Gasteiger partial charge in [-0.1, -0.05) is 12.1 Å². The molecule has 4 nitrogen and oxygen atoms in total. The third kappa shape index (κ3) is 3.08. The van der Waals surface area contributed by atoms with Crippen LogP contribution in [0.5, 0.6) is 0 Å². The van der Waals surface area contributed by atoms with Crippen LogP contribution in [0.2, 0.25) is 0 Å². The molecule has 2 aromatic rings. The van der Waals surface area contributed by atoms with Crippen molar-refractivity contribution in [2.45, 2.75) is 19.4 Å². The van der Waals surface area contributed by atoms with Gasteiger partial charge in [-0.25, -0.2) is 4.98 Å². The molecular weight excluding hydrogens is 250 g/mol. The summed E-state index contributed by atoms with van der Waals surface area (Å²) in [5.41, 5.74) is 2.49. The smallest absolute Gasteiger partial charge is 0.0991 e. The fourth-order valence-electron chi connectivity index (χ4n) is 2.92. The fraction of sp³-hybridized carbons (Fsp3) is 0.438. The lowest BCUT2D eigenvalue weighted by molar-refractivity contribution is 0.249. The second-order valence-corrected chi connectivity index (χ2v) is 5.54. The third-order valence-electron chi connectivity index (χ3n) is 4.05. The molecule has 0 amide bonds. The molecule has 3 rings (SSSR count). The molecule has 0 radical (unpaired) electrons. The third-order valence-corrected chi connectivity index (χ3v) is 4.05. The lowest BCUT2D eigenvalue weighted by atomic mass is 10.1. The number of hydrogen-bond acceptors (Lipinski definition) is 3. The number of likely N-dealkylation sites (tertiary alicyclic amines) is 1. The highest BCUT2D eigenvalue weighted by Gasteiger charge is 2.21.